The summed E-state index contributed by atoms with van der Waals surface area (Å²) in [7, 11) is 0. The van der Waals surface area contributed by atoms with Crippen LogP contribution in [0.2, 0.25) is 0 Å². The zero-order chi connectivity index (χ0) is 19.5. The third-order valence-electron chi connectivity index (χ3n) is 5.99. The molecular formula is C23H25NO4. The van der Waals surface area contributed by atoms with Gasteiger partial charge in [0.2, 0.25) is 0 Å². The number of carboxylic acid groups (broad SMARTS) is 1. The quantitative estimate of drug-likeness (QED) is 0.799. The van der Waals surface area contributed by atoms with Gasteiger partial charge in [-0.1, -0.05) is 61.4 Å². The first-order valence-electron chi connectivity index (χ1n) is 9.97. The van der Waals surface area contributed by atoms with Crippen LogP contribution in [0.15, 0.2) is 48.5 Å². The van der Waals surface area contributed by atoms with Gasteiger partial charge in [0, 0.05) is 12.0 Å². The van der Waals surface area contributed by atoms with Crippen molar-refractivity contribution in [2.24, 2.45) is 5.92 Å². The predicted molar refractivity (Wildman–Crippen MR) is 106 cm³/mol. The van der Waals surface area contributed by atoms with E-state index in [0.717, 1.165) is 25.7 Å². The van der Waals surface area contributed by atoms with Crippen LogP contribution in [-0.4, -0.2) is 29.8 Å². The molecule has 0 unspecified atom stereocenters. The minimum Gasteiger partial charge on any atom is -0.481 e. The molecule has 0 aliphatic heterocycles. The number of hydrogen-bond donors (Lipinski definition) is 2. The van der Waals surface area contributed by atoms with E-state index in [-0.39, 0.29) is 30.9 Å². The highest BCUT2D eigenvalue weighted by molar-refractivity contribution is 5.79. The van der Waals surface area contributed by atoms with Crippen LogP contribution in [-0.2, 0) is 9.53 Å². The van der Waals surface area contributed by atoms with Gasteiger partial charge in [-0.3, -0.25) is 4.79 Å². The minimum absolute atomic E-state index is 0.0215. The van der Waals surface area contributed by atoms with Crippen LogP contribution in [0.25, 0.3) is 11.1 Å². The molecule has 0 saturated heterocycles. The second kappa shape index (κ2) is 8.05. The first-order chi connectivity index (χ1) is 13.6. The van der Waals surface area contributed by atoms with Crippen LogP contribution in [0.3, 0.4) is 0 Å². The lowest BCUT2D eigenvalue weighted by atomic mass is 9.82. The fourth-order valence-electron chi connectivity index (χ4n) is 4.66. The Bertz CT molecular complexity index is 833. The molecule has 28 heavy (non-hydrogen) atoms. The monoisotopic (exact) mass is 379 g/mol. The summed E-state index contributed by atoms with van der Waals surface area (Å²) in [5, 5.41) is 12.0. The number of carbonyl (C=O) groups is 2. The van der Waals surface area contributed by atoms with Gasteiger partial charge >= 0.3 is 12.1 Å². The molecule has 5 heteroatoms. The summed E-state index contributed by atoms with van der Waals surface area (Å²) in [6.07, 6.45) is 3.30. The molecule has 2 atom stereocenters. The molecular weight excluding hydrogens is 354 g/mol. The number of carboxylic acids is 1. The SMILES string of the molecule is O=C(O)C[C@@H]1CCCC[C@@H]1NC(=O)OCC1c2ccccc2-c2ccccc21. The van der Waals surface area contributed by atoms with Gasteiger partial charge in [-0.25, -0.2) is 4.79 Å². The number of fused-ring (bicyclic) bond motifs is 3. The zero-order valence-electron chi connectivity index (χ0n) is 15.8. The van der Waals surface area contributed by atoms with Crippen LogP contribution in [0, 0.1) is 5.92 Å². The molecule has 0 radical (unpaired) electrons. The van der Waals surface area contributed by atoms with E-state index < -0.39 is 12.1 Å². The van der Waals surface area contributed by atoms with Crippen molar-refractivity contribution in [1.82, 2.24) is 5.32 Å². The molecule has 1 amide bonds. The first-order valence-corrected chi connectivity index (χ1v) is 9.97. The Morgan fingerprint density at radius 3 is 2.21 bits per heavy atom. The Labute approximate surface area is 164 Å². The molecule has 0 bridgehead atoms. The molecule has 2 aliphatic carbocycles. The largest absolute Gasteiger partial charge is 0.481 e. The van der Waals surface area contributed by atoms with Gasteiger partial charge in [-0.15, -0.1) is 0 Å². The standard InChI is InChI=1S/C23H25NO4/c25-22(26)13-15-7-1-6-12-21(15)24-23(27)28-14-20-18-10-4-2-8-16(18)17-9-3-5-11-19(17)20/h2-5,8-11,15,20-21H,1,6-7,12-14H2,(H,24,27)(H,25,26)/t15-,21-/m0/s1. The van der Waals surface area contributed by atoms with E-state index in [2.05, 4.69) is 29.6 Å². The van der Waals surface area contributed by atoms with Crippen LogP contribution < -0.4 is 5.32 Å². The number of alkyl carbamates (subject to hydrolysis) is 1. The lowest BCUT2D eigenvalue weighted by molar-refractivity contribution is -0.138. The summed E-state index contributed by atoms with van der Waals surface area (Å²) in [5.74, 6) is -0.808. The van der Waals surface area contributed by atoms with E-state index in [1.54, 1.807) is 0 Å². The number of ether oxygens (including phenoxy) is 1. The van der Waals surface area contributed by atoms with Crippen LogP contribution in [0.4, 0.5) is 4.79 Å². The van der Waals surface area contributed by atoms with Crippen molar-refractivity contribution in [3.8, 4) is 11.1 Å². The maximum Gasteiger partial charge on any atom is 0.407 e. The summed E-state index contributed by atoms with van der Waals surface area (Å²) < 4.78 is 5.60. The Balaban J connectivity index is 1.42. The smallest absolute Gasteiger partial charge is 0.407 e. The lowest BCUT2D eigenvalue weighted by Gasteiger charge is -2.31. The topological polar surface area (TPSA) is 75.6 Å². The van der Waals surface area contributed by atoms with Crippen molar-refractivity contribution in [2.45, 2.75) is 44.1 Å². The summed E-state index contributed by atoms with van der Waals surface area (Å²) in [6, 6.07) is 16.3. The van der Waals surface area contributed by atoms with E-state index in [1.165, 1.54) is 22.3 Å². The summed E-state index contributed by atoms with van der Waals surface area (Å²) in [5.41, 5.74) is 4.75. The van der Waals surface area contributed by atoms with Crippen LogP contribution >= 0.6 is 0 Å². The number of carbonyl (C=O) groups excluding carboxylic acids is 1. The molecule has 0 aromatic heterocycles. The predicted octanol–water partition coefficient (Wildman–Crippen LogP) is 4.56. The van der Waals surface area contributed by atoms with E-state index in [0.29, 0.717) is 0 Å². The number of hydrogen-bond acceptors (Lipinski definition) is 3. The molecule has 2 aromatic rings. The average Bonchev–Trinajstić information content (AvgIpc) is 3.01. The fourth-order valence-corrected chi connectivity index (χ4v) is 4.66. The van der Waals surface area contributed by atoms with Gasteiger partial charge in [-0.2, -0.15) is 0 Å². The van der Waals surface area contributed by atoms with E-state index in [9.17, 15) is 9.59 Å². The molecule has 1 fully saturated rings. The van der Waals surface area contributed by atoms with Gasteiger partial charge in [-0.05, 0) is 41.0 Å². The van der Waals surface area contributed by atoms with Gasteiger partial charge in [0.15, 0.2) is 0 Å². The number of benzene rings is 2. The Kier molecular flexibility index (Phi) is 5.33. The van der Waals surface area contributed by atoms with Gasteiger partial charge in [0.25, 0.3) is 0 Å². The molecule has 2 N–H and O–H groups in total. The molecule has 146 valence electrons. The molecule has 0 heterocycles. The van der Waals surface area contributed by atoms with Crippen molar-refractivity contribution >= 4 is 12.1 Å². The summed E-state index contributed by atoms with van der Waals surface area (Å²) >= 11 is 0. The highest BCUT2D eigenvalue weighted by Gasteiger charge is 2.31. The van der Waals surface area contributed by atoms with Crippen molar-refractivity contribution in [1.29, 1.82) is 0 Å². The van der Waals surface area contributed by atoms with Gasteiger partial charge in [0.05, 0.1) is 6.42 Å². The Morgan fingerprint density at radius 1 is 0.964 bits per heavy atom. The maximum absolute atomic E-state index is 12.4. The zero-order valence-corrected chi connectivity index (χ0v) is 15.8. The molecule has 0 spiro atoms. The third kappa shape index (κ3) is 3.75. The van der Waals surface area contributed by atoms with Crippen molar-refractivity contribution < 1.29 is 19.4 Å². The van der Waals surface area contributed by atoms with Crippen molar-refractivity contribution in [3.05, 3.63) is 59.7 Å². The molecule has 1 saturated carbocycles. The van der Waals surface area contributed by atoms with E-state index in [1.807, 2.05) is 24.3 Å². The highest BCUT2D eigenvalue weighted by Crippen LogP contribution is 2.44. The molecule has 2 aromatic carbocycles. The summed E-state index contributed by atoms with van der Waals surface area (Å²) in [6.45, 7) is 0.274. The number of amides is 1. The minimum atomic E-state index is -0.814. The molecule has 5 nitrogen and oxygen atoms in total. The number of rotatable bonds is 5. The van der Waals surface area contributed by atoms with E-state index >= 15 is 0 Å². The van der Waals surface area contributed by atoms with Gasteiger partial charge in [0.1, 0.15) is 6.61 Å². The maximum atomic E-state index is 12.4. The normalized spacial score (nSPS) is 20.9. The second-order valence-electron chi connectivity index (χ2n) is 7.72. The van der Waals surface area contributed by atoms with Crippen LogP contribution in [0.5, 0.6) is 0 Å². The first kappa shape index (κ1) is 18.5. The summed E-state index contributed by atoms with van der Waals surface area (Å²) in [4.78, 5) is 23.5. The highest BCUT2D eigenvalue weighted by atomic mass is 16.5. The molecule has 4 rings (SSSR count). The third-order valence-corrected chi connectivity index (χ3v) is 5.99. The fraction of sp³-hybridized carbons (Fsp3) is 0.391. The second-order valence-corrected chi connectivity index (χ2v) is 7.72. The van der Waals surface area contributed by atoms with Crippen molar-refractivity contribution in [2.75, 3.05) is 6.61 Å². The van der Waals surface area contributed by atoms with Crippen molar-refractivity contribution in [3.63, 3.8) is 0 Å². The van der Waals surface area contributed by atoms with Gasteiger partial charge < -0.3 is 15.2 Å². The number of nitrogens with one attached hydrogen (secondary N) is 1. The average molecular weight is 379 g/mol. The van der Waals surface area contributed by atoms with E-state index in [4.69, 9.17) is 9.84 Å². The Morgan fingerprint density at radius 2 is 1.57 bits per heavy atom. The lowest BCUT2D eigenvalue weighted by Crippen LogP contribution is -2.43. The van der Waals surface area contributed by atoms with Crippen LogP contribution in [0.1, 0.15) is 49.1 Å². The Hall–Kier alpha value is -2.82. The number of aliphatic carboxylic acids is 1. The molecule has 2 aliphatic rings.